The van der Waals surface area contributed by atoms with Crippen LogP contribution in [-0.4, -0.2) is 0 Å². The summed E-state index contributed by atoms with van der Waals surface area (Å²) >= 11 is 0. The van der Waals surface area contributed by atoms with E-state index in [1.54, 1.807) is 5.57 Å². The SMILES string of the molecule is C=C1CCC(=C2CCC(=C3CC(C)C3C(C)C)CC2)CC1. The van der Waals surface area contributed by atoms with Crippen LogP contribution in [0.2, 0.25) is 0 Å². The monoisotopic (exact) mass is 284 g/mol. The molecule has 3 rings (SSSR count). The van der Waals surface area contributed by atoms with Gasteiger partial charge in [0, 0.05) is 0 Å². The Morgan fingerprint density at radius 3 is 1.76 bits per heavy atom. The molecule has 0 amide bonds. The normalized spacial score (nSPS) is 31.0. The summed E-state index contributed by atoms with van der Waals surface area (Å²) in [6.45, 7) is 11.4. The van der Waals surface area contributed by atoms with E-state index in [0.717, 1.165) is 17.8 Å². The predicted octanol–water partition coefficient (Wildman–Crippen LogP) is 6.60. The predicted molar refractivity (Wildman–Crippen MR) is 92.2 cm³/mol. The van der Waals surface area contributed by atoms with E-state index in [0.29, 0.717) is 0 Å². The highest BCUT2D eigenvalue weighted by Gasteiger charge is 2.36. The quantitative estimate of drug-likeness (QED) is 0.476. The molecule has 0 saturated heterocycles. The molecule has 3 aliphatic rings. The molecule has 0 aromatic rings. The number of hydrogen-bond donors (Lipinski definition) is 0. The number of hydrogen-bond acceptors (Lipinski definition) is 0. The van der Waals surface area contributed by atoms with Crippen LogP contribution in [0.25, 0.3) is 0 Å². The third-order valence-corrected chi connectivity index (χ3v) is 6.25. The Labute approximate surface area is 131 Å². The Bertz CT molecular complexity index is 457. The van der Waals surface area contributed by atoms with Gasteiger partial charge < -0.3 is 0 Å². The van der Waals surface area contributed by atoms with Crippen molar-refractivity contribution < 1.29 is 0 Å². The van der Waals surface area contributed by atoms with Crippen molar-refractivity contribution in [2.24, 2.45) is 17.8 Å². The molecule has 0 spiro atoms. The molecule has 0 aromatic heterocycles. The summed E-state index contributed by atoms with van der Waals surface area (Å²) in [6.07, 6.45) is 12.0. The fraction of sp³-hybridized carbons (Fsp3) is 0.714. The lowest BCUT2D eigenvalue weighted by Crippen LogP contribution is -2.32. The van der Waals surface area contributed by atoms with Crippen LogP contribution >= 0.6 is 0 Å². The van der Waals surface area contributed by atoms with Gasteiger partial charge in [-0.1, -0.05) is 55.2 Å². The fourth-order valence-electron chi connectivity index (χ4n) is 5.02. The van der Waals surface area contributed by atoms with Gasteiger partial charge in [0.1, 0.15) is 0 Å². The number of allylic oxidation sites excluding steroid dienone is 5. The highest BCUT2D eigenvalue weighted by atomic mass is 14.4. The largest absolute Gasteiger partial charge is 0.0998 e. The minimum Gasteiger partial charge on any atom is -0.0998 e. The molecule has 0 bridgehead atoms. The van der Waals surface area contributed by atoms with Gasteiger partial charge in [-0.25, -0.2) is 0 Å². The zero-order chi connectivity index (χ0) is 15.0. The molecule has 0 heterocycles. The van der Waals surface area contributed by atoms with Gasteiger partial charge in [-0.15, -0.1) is 0 Å². The Morgan fingerprint density at radius 1 is 0.810 bits per heavy atom. The molecule has 0 aliphatic heterocycles. The molecule has 0 heteroatoms. The summed E-state index contributed by atoms with van der Waals surface area (Å²) in [6, 6.07) is 0. The molecular formula is C21H32. The van der Waals surface area contributed by atoms with Crippen molar-refractivity contribution in [2.75, 3.05) is 0 Å². The van der Waals surface area contributed by atoms with Crippen LogP contribution in [0.1, 0.15) is 78.6 Å². The summed E-state index contributed by atoms with van der Waals surface area (Å²) < 4.78 is 0. The first kappa shape index (κ1) is 15.1. The molecule has 2 atom stereocenters. The van der Waals surface area contributed by atoms with E-state index < -0.39 is 0 Å². The molecule has 2 unspecified atom stereocenters. The van der Waals surface area contributed by atoms with Crippen LogP contribution in [-0.2, 0) is 0 Å². The van der Waals surface area contributed by atoms with Gasteiger partial charge in [-0.3, -0.25) is 0 Å². The van der Waals surface area contributed by atoms with E-state index in [1.807, 2.05) is 16.7 Å². The molecule has 3 aliphatic carbocycles. The Balaban J connectivity index is 1.66. The van der Waals surface area contributed by atoms with Crippen molar-refractivity contribution in [1.29, 1.82) is 0 Å². The van der Waals surface area contributed by atoms with Crippen molar-refractivity contribution in [3.05, 3.63) is 34.4 Å². The van der Waals surface area contributed by atoms with Crippen molar-refractivity contribution in [2.45, 2.75) is 78.6 Å². The summed E-state index contributed by atoms with van der Waals surface area (Å²) in [5.74, 6) is 2.66. The topological polar surface area (TPSA) is 0 Å². The van der Waals surface area contributed by atoms with Crippen molar-refractivity contribution in [3.8, 4) is 0 Å². The molecular weight excluding hydrogens is 252 g/mol. The van der Waals surface area contributed by atoms with Crippen LogP contribution in [0.4, 0.5) is 0 Å². The van der Waals surface area contributed by atoms with Gasteiger partial charge in [0.25, 0.3) is 0 Å². The van der Waals surface area contributed by atoms with Gasteiger partial charge >= 0.3 is 0 Å². The average molecular weight is 284 g/mol. The molecule has 3 fully saturated rings. The Morgan fingerprint density at radius 2 is 1.29 bits per heavy atom. The summed E-state index contributed by atoms with van der Waals surface area (Å²) in [5, 5.41) is 0. The Kier molecular flexibility index (Phi) is 4.43. The van der Waals surface area contributed by atoms with Crippen molar-refractivity contribution >= 4 is 0 Å². The zero-order valence-electron chi connectivity index (χ0n) is 14.3. The summed E-state index contributed by atoms with van der Waals surface area (Å²) in [7, 11) is 0. The van der Waals surface area contributed by atoms with Crippen molar-refractivity contribution in [3.63, 3.8) is 0 Å². The fourth-order valence-corrected chi connectivity index (χ4v) is 5.02. The molecule has 0 radical (unpaired) electrons. The third-order valence-electron chi connectivity index (χ3n) is 6.25. The van der Waals surface area contributed by atoms with E-state index in [-0.39, 0.29) is 0 Å². The molecule has 0 aromatic carbocycles. The van der Waals surface area contributed by atoms with Gasteiger partial charge in [0.05, 0.1) is 0 Å². The second-order valence-electron chi connectivity index (χ2n) is 8.04. The maximum atomic E-state index is 4.15. The molecule has 116 valence electrons. The van der Waals surface area contributed by atoms with Crippen LogP contribution < -0.4 is 0 Å². The van der Waals surface area contributed by atoms with E-state index in [2.05, 4.69) is 27.4 Å². The first-order valence-electron chi connectivity index (χ1n) is 9.13. The zero-order valence-corrected chi connectivity index (χ0v) is 14.3. The standard InChI is InChI=1S/C21H32/c1-14(2)21-16(4)13-20(21)19-11-9-18(10-12-19)17-7-5-15(3)6-8-17/h14,16,21H,3,5-13H2,1-2,4H3. The second-order valence-corrected chi connectivity index (χ2v) is 8.04. The summed E-state index contributed by atoms with van der Waals surface area (Å²) in [4.78, 5) is 0. The first-order valence-corrected chi connectivity index (χ1v) is 9.13. The molecule has 0 N–H and O–H groups in total. The van der Waals surface area contributed by atoms with Crippen LogP contribution in [0.15, 0.2) is 34.4 Å². The van der Waals surface area contributed by atoms with E-state index >= 15 is 0 Å². The second kappa shape index (κ2) is 6.15. The van der Waals surface area contributed by atoms with Crippen molar-refractivity contribution in [1.82, 2.24) is 0 Å². The molecule has 0 nitrogen and oxygen atoms in total. The highest BCUT2D eigenvalue weighted by molar-refractivity contribution is 5.31. The maximum absolute atomic E-state index is 4.15. The maximum Gasteiger partial charge on any atom is -0.0149 e. The molecule has 3 saturated carbocycles. The average Bonchev–Trinajstić information content (AvgIpc) is 2.45. The number of rotatable bonds is 1. The van der Waals surface area contributed by atoms with E-state index in [9.17, 15) is 0 Å². The van der Waals surface area contributed by atoms with Crippen LogP contribution in [0.3, 0.4) is 0 Å². The smallest absolute Gasteiger partial charge is 0.0149 e. The van der Waals surface area contributed by atoms with Gasteiger partial charge in [-0.2, -0.15) is 0 Å². The highest BCUT2D eigenvalue weighted by Crippen LogP contribution is 2.49. The molecule has 21 heavy (non-hydrogen) atoms. The van der Waals surface area contributed by atoms with E-state index in [4.69, 9.17) is 0 Å². The van der Waals surface area contributed by atoms with Crippen LogP contribution in [0.5, 0.6) is 0 Å². The minimum absolute atomic E-state index is 0.834. The van der Waals surface area contributed by atoms with E-state index in [1.165, 1.54) is 63.4 Å². The Hall–Kier alpha value is -0.780. The van der Waals surface area contributed by atoms with Crippen LogP contribution in [0, 0.1) is 17.8 Å². The van der Waals surface area contributed by atoms with Gasteiger partial charge in [-0.05, 0) is 75.5 Å². The summed E-state index contributed by atoms with van der Waals surface area (Å²) in [5.41, 5.74) is 8.80. The minimum atomic E-state index is 0.834. The lowest BCUT2D eigenvalue weighted by molar-refractivity contribution is 0.223. The first-order chi connectivity index (χ1) is 10.1. The van der Waals surface area contributed by atoms with Gasteiger partial charge in [0.2, 0.25) is 0 Å². The lowest BCUT2D eigenvalue weighted by atomic mass is 9.62. The van der Waals surface area contributed by atoms with Gasteiger partial charge in [0.15, 0.2) is 0 Å². The third kappa shape index (κ3) is 3.05. The lowest BCUT2D eigenvalue weighted by Gasteiger charge is -2.43.